The normalized spacial score (nSPS) is 12.6. The van der Waals surface area contributed by atoms with Crippen LogP contribution in [0.5, 0.6) is 0 Å². The first-order valence-electron chi connectivity index (χ1n) is 6.02. The average Bonchev–Trinajstić information content (AvgIpc) is 2.35. The summed E-state index contributed by atoms with van der Waals surface area (Å²) in [4.78, 5) is 0.262. The van der Waals surface area contributed by atoms with Gasteiger partial charge in [0.25, 0.3) is 0 Å². The summed E-state index contributed by atoms with van der Waals surface area (Å²) in [6, 6.07) is 6.78. The van der Waals surface area contributed by atoms with Crippen molar-refractivity contribution in [1.29, 1.82) is 0 Å². The van der Waals surface area contributed by atoms with Crippen molar-refractivity contribution in [2.24, 2.45) is 5.41 Å². The maximum atomic E-state index is 12.2. The van der Waals surface area contributed by atoms with Crippen LogP contribution in [0.3, 0.4) is 0 Å². The van der Waals surface area contributed by atoms with E-state index in [1.54, 1.807) is 31.4 Å². The van der Waals surface area contributed by atoms with Crippen molar-refractivity contribution in [2.75, 3.05) is 20.3 Å². The van der Waals surface area contributed by atoms with E-state index in [-0.39, 0.29) is 10.3 Å². The number of ether oxygens (including phenoxy) is 1. The number of sulfonamides is 1. The van der Waals surface area contributed by atoms with Crippen LogP contribution in [-0.2, 0) is 14.8 Å². The van der Waals surface area contributed by atoms with Gasteiger partial charge in [-0.05, 0) is 39.9 Å². The van der Waals surface area contributed by atoms with E-state index < -0.39 is 10.0 Å². The number of methoxy groups -OCH3 is 1. The summed E-state index contributed by atoms with van der Waals surface area (Å²) in [5.41, 5.74) is -0.148. The summed E-state index contributed by atoms with van der Waals surface area (Å²) in [7, 11) is -1.85. The van der Waals surface area contributed by atoms with Gasteiger partial charge in [-0.15, -0.1) is 0 Å². The highest BCUT2D eigenvalue weighted by molar-refractivity contribution is 9.10. The molecule has 1 aromatic rings. The third-order valence-electron chi connectivity index (χ3n) is 2.85. The fourth-order valence-corrected chi connectivity index (χ4v) is 3.74. The van der Waals surface area contributed by atoms with Gasteiger partial charge in [-0.1, -0.05) is 26.0 Å². The zero-order valence-corrected chi connectivity index (χ0v) is 13.8. The van der Waals surface area contributed by atoms with Gasteiger partial charge in [-0.3, -0.25) is 0 Å². The van der Waals surface area contributed by atoms with E-state index in [9.17, 15) is 8.42 Å². The second-order valence-corrected chi connectivity index (χ2v) is 7.75. The number of benzene rings is 1. The summed E-state index contributed by atoms with van der Waals surface area (Å²) < 4.78 is 32.6. The Bertz CT molecular complexity index is 514. The lowest BCUT2D eigenvalue weighted by Gasteiger charge is -2.24. The minimum atomic E-state index is -3.49. The fourth-order valence-electron chi connectivity index (χ4n) is 1.50. The Hall–Kier alpha value is -0.430. The van der Waals surface area contributed by atoms with Crippen molar-refractivity contribution in [3.05, 3.63) is 28.7 Å². The Morgan fingerprint density at radius 1 is 1.32 bits per heavy atom. The predicted molar refractivity (Wildman–Crippen MR) is 79.6 cm³/mol. The monoisotopic (exact) mass is 349 g/mol. The Morgan fingerprint density at radius 2 is 1.95 bits per heavy atom. The molecule has 0 aliphatic rings. The molecule has 0 atom stereocenters. The molecular formula is C13H20BrNO3S. The molecule has 108 valence electrons. The molecule has 0 aliphatic carbocycles. The summed E-state index contributed by atoms with van der Waals surface area (Å²) in [6.45, 7) is 5.01. The number of hydrogen-bond acceptors (Lipinski definition) is 3. The van der Waals surface area contributed by atoms with Crippen molar-refractivity contribution in [1.82, 2.24) is 4.72 Å². The largest absolute Gasteiger partial charge is 0.385 e. The van der Waals surface area contributed by atoms with Crippen LogP contribution in [-0.4, -0.2) is 28.7 Å². The first-order valence-corrected chi connectivity index (χ1v) is 8.29. The second-order valence-electron chi connectivity index (χ2n) is 5.16. The maximum absolute atomic E-state index is 12.2. The summed E-state index contributed by atoms with van der Waals surface area (Å²) in [6.07, 6.45) is 0.794. The van der Waals surface area contributed by atoms with Crippen LogP contribution >= 0.6 is 15.9 Å². The Kier molecular flexibility index (Phi) is 5.98. The molecule has 1 rings (SSSR count). The van der Waals surface area contributed by atoms with E-state index in [4.69, 9.17) is 4.74 Å². The van der Waals surface area contributed by atoms with Gasteiger partial charge < -0.3 is 4.74 Å². The molecule has 19 heavy (non-hydrogen) atoms. The second kappa shape index (κ2) is 6.83. The minimum Gasteiger partial charge on any atom is -0.385 e. The standard InChI is InChI=1S/C13H20BrNO3S/c1-13(2,8-9-18-3)10-15-19(16,17)12-7-5-4-6-11(12)14/h4-7,15H,8-10H2,1-3H3. The Balaban J connectivity index is 2.74. The van der Waals surface area contributed by atoms with Gasteiger partial charge in [0.1, 0.15) is 0 Å². The van der Waals surface area contributed by atoms with Gasteiger partial charge in [0.05, 0.1) is 4.90 Å². The van der Waals surface area contributed by atoms with E-state index in [1.807, 2.05) is 13.8 Å². The van der Waals surface area contributed by atoms with Gasteiger partial charge in [0, 0.05) is 24.7 Å². The molecule has 0 aliphatic heterocycles. The number of halogens is 1. The zero-order valence-electron chi connectivity index (χ0n) is 11.4. The summed E-state index contributed by atoms with van der Waals surface area (Å²) in [5, 5.41) is 0. The third-order valence-corrected chi connectivity index (χ3v) is 5.26. The molecule has 0 saturated carbocycles. The SMILES string of the molecule is COCCC(C)(C)CNS(=O)(=O)c1ccccc1Br. The van der Waals surface area contributed by atoms with E-state index in [2.05, 4.69) is 20.7 Å². The lowest BCUT2D eigenvalue weighted by molar-refractivity contribution is 0.153. The lowest BCUT2D eigenvalue weighted by atomic mass is 9.90. The highest BCUT2D eigenvalue weighted by Crippen LogP contribution is 2.23. The van der Waals surface area contributed by atoms with Gasteiger partial charge >= 0.3 is 0 Å². The molecule has 6 heteroatoms. The van der Waals surface area contributed by atoms with Crippen LogP contribution in [0.15, 0.2) is 33.6 Å². The number of nitrogens with one attached hydrogen (secondary N) is 1. The van der Waals surface area contributed by atoms with Crippen molar-refractivity contribution in [2.45, 2.75) is 25.2 Å². The predicted octanol–water partition coefficient (Wildman–Crippen LogP) is 2.79. The molecule has 0 radical (unpaired) electrons. The zero-order chi connectivity index (χ0) is 14.5. The van der Waals surface area contributed by atoms with Crippen molar-refractivity contribution in [3.8, 4) is 0 Å². The van der Waals surface area contributed by atoms with Crippen LogP contribution in [0.4, 0.5) is 0 Å². The van der Waals surface area contributed by atoms with Crippen molar-refractivity contribution in [3.63, 3.8) is 0 Å². The van der Waals surface area contributed by atoms with Crippen LogP contribution in [0.2, 0.25) is 0 Å². The highest BCUT2D eigenvalue weighted by atomic mass is 79.9. The first-order chi connectivity index (χ1) is 8.78. The van der Waals surface area contributed by atoms with Crippen molar-refractivity contribution >= 4 is 26.0 Å². The van der Waals surface area contributed by atoms with Gasteiger partial charge in [-0.25, -0.2) is 13.1 Å². The van der Waals surface area contributed by atoms with Gasteiger partial charge in [-0.2, -0.15) is 0 Å². The molecule has 0 amide bonds. The van der Waals surface area contributed by atoms with Crippen LogP contribution in [0.25, 0.3) is 0 Å². The van der Waals surface area contributed by atoms with Gasteiger partial charge in [0.15, 0.2) is 0 Å². The van der Waals surface area contributed by atoms with E-state index in [0.717, 1.165) is 6.42 Å². The fraction of sp³-hybridized carbons (Fsp3) is 0.538. The molecule has 0 fully saturated rings. The van der Waals surface area contributed by atoms with E-state index in [0.29, 0.717) is 17.6 Å². The van der Waals surface area contributed by atoms with E-state index in [1.165, 1.54) is 0 Å². The molecule has 0 saturated heterocycles. The Morgan fingerprint density at radius 3 is 2.53 bits per heavy atom. The smallest absolute Gasteiger partial charge is 0.241 e. The van der Waals surface area contributed by atoms with Gasteiger partial charge in [0.2, 0.25) is 10.0 Å². The first kappa shape index (κ1) is 16.6. The van der Waals surface area contributed by atoms with E-state index >= 15 is 0 Å². The molecule has 4 nitrogen and oxygen atoms in total. The summed E-state index contributed by atoms with van der Waals surface area (Å²) >= 11 is 3.26. The molecule has 0 aromatic heterocycles. The molecule has 1 N–H and O–H groups in total. The number of hydrogen-bond donors (Lipinski definition) is 1. The molecule has 0 spiro atoms. The minimum absolute atomic E-state index is 0.148. The Labute approximate surface area is 123 Å². The average molecular weight is 350 g/mol. The lowest BCUT2D eigenvalue weighted by Crippen LogP contribution is -2.34. The highest BCUT2D eigenvalue weighted by Gasteiger charge is 2.23. The van der Waals surface area contributed by atoms with Crippen LogP contribution in [0, 0.1) is 5.41 Å². The molecular weight excluding hydrogens is 330 g/mol. The van der Waals surface area contributed by atoms with Crippen molar-refractivity contribution < 1.29 is 13.2 Å². The topological polar surface area (TPSA) is 55.4 Å². The van der Waals surface area contributed by atoms with Crippen LogP contribution in [0.1, 0.15) is 20.3 Å². The third kappa shape index (κ3) is 5.22. The number of rotatable bonds is 7. The molecule has 1 aromatic carbocycles. The van der Waals surface area contributed by atoms with Crippen LogP contribution < -0.4 is 4.72 Å². The molecule has 0 heterocycles. The molecule has 0 unspecified atom stereocenters. The maximum Gasteiger partial charge on any atom is 0.241 e. The molecule has 0 bridgehead atoms. The summed E-state index contributed by atoms with van der Waals surface area (Å²) in [5.74, 6) is 0. The quantitative estimate of drug-likeness (QED) is 0.823.